The molecule has 0 heterocycles. The van der Waals surface area contributed by atoms with E-state index >= 15 is 0 Å². The molecule has 4 nitrogen and oxygen atoms in total. The van der Waals surface area contributed by atoms with Crippen LogP contribution < -0.4 is 5.32 Å². The van der Waals surface area contributed by atoms with Crippen LogP contribution in [0.1, 0.15) is 52.9 Å². The van der Waals surface area contributed by atoms with E-state index in [9.17, 15) is 8.42 Å². The molecule has 0 unspecified atom stereocenters. The molecule has 110 valence electrons. The molecule has 0 amide bonds. The third kappa shape index (κ3) is 8.06. The van der Waals surface area contributed by atoms with Crippen LogP contribution in [0.15, 0.2) is 0 Å². The first kappa shape index (κ1) is 17.9. The third-order valence-electron chi connectivity index (χ3n) is 2.94. The molecule has 0 rings (SSSR count). The average molecular weight is 278 g/mol. The van der Waals surface area contributed by atoms with E-state index in [0.717, 1.165) is 45.2 Å². The summed E-state index contributed by atoms with van der Waals surface area (Å²) in [5.41, 5.74) is 0. The van der Waals surface area contributed by atoms with Crippen molar-refractivity contribution in [1.82, 2.24) is 9.62 Å². The third-order valence-corrected chi connectivity index (χ3v) is 4.97. The lowest BCUT2D eigenvalue weighted by molar-refractivity contribution is 0.417. The molecule has 0 aliphatic heterocycles. The standard InChI is InChI=1S/C13H30N2O2S/c1-4-7-12-15(6-3)18(16,17)13-9-8-11-14-10-5-2/h14H,4-13H2,1-3H3. The van der Waals surface area contributed by atoms with Crippen molar-refractivity contribution in [2.45, 2.75) is 52.9 Å². The van der Waals surface area contributed by atoms with Gasteiger partial charge in [0.25, 0.3) is 0 Å². The van der Waals surface area contributed by atoms with E-state index < -0.39 is 10.0 Å². The first-order valence-electron chi connectivity index (χ1n) is 7.27. The molecule has 5 heteroatoms. The fourth-order valence-electron chi connectivity index (χ4n) is 1.79. The highest BCUT2D eigenvalue weighted by atomic mass is 32.2. The Hall–Kier alpha value is -0.130. The maximum Gasteiger partial charge on any atom is 0.214 e. The van der Waals surface area contributed by atoms with Gasteiger partial charge >= 0.3 is 0 Å². The monoisotopic (exact) mass is 278 g/mol. The Bertz CT molecular complexity index is 279. The van der Waals surface area contributed by atoms with Crippen LogP contribution in [0.25, 0.3) is 0 Å². The van der Waals surface area contributed by atoms with E-state index in [-0.39, 0.29) is 0 Å². The van der Waals surface area contributed by atoms with Crippen molar-refractivity contribution in [3.05, 3.63) is 0 Å². The second-order valence-electron chi connectivity index (χ2n) is 4.62. The minimum atomic E-state index is -3.03. The topological polar surface area (TPSA) is 49.4 Å². The van der Waals surface area contributed by atoms with Crippen LogP contribution in [0, 0.1) is 0 Å². The Morgan fingerprint density at radius 1 is 0.944 bits per heavy atom. The molecule has 0 aromatic heterocycles. The van der Waals surface area contributed by atoms with Gasteiger partial charge in [0.05, 0.1) is 5.75 Å². The second kappa shape index (κ2) is 10.8. The summed E-state index contributed by atoms with van der Waals surface area (Å²) < 4.78 is 25.7. The maximum absolute atomic E-state index is 12.1. The first-order valence-corrected chi connectivity index (χ1v) is 8.87. The normalized spacial score (nSPS) is 12.2. The summed E-state index contributed by atoms with van der Waals surface area (Å²) in [5.74, 6) is 0.290. The number of hydrogen-bond donors (Lipinski definition) is 1. The summed E-state index contributed by atoms with van der Waals surface area (Å²) >= 11 is 0. The lowest BCUT2D eigenvalue weighted by Crippen LogP contribution is -2.34. The molecule has 0 aromatic carbocycles. The van der Waals surface area contributed by atoms with E-state index in [1.54, 1.807) is 4.31 Å². The maximum atomic E-state index is 12.1. The Kier molecular flexibility index (Phi) is 10.7. The Balaban J connectivity index is 3.89. The molecule has 0 atom stereocenters. The predicted octanol–water partition coefficient (Wildman–Crippen LogP) is 2.22. The molecule has 0 saturated heterocycles. The van der Waals surface area contributed by atoms with Gasteiger partial charge in [-0.3, -0.25) is 0 Å². The second-order valence-corrected chi connectivity index (χ2v) is 6.71. The molecule has 0 saturated carbocycles. The Morgan fingerprint density at radius 2 is 1.67 bits per heavy atom. The van der Waals surface area contributed by atoms with Gasteiger partial charge in [-0.05, 0) is 38.8 Å². The van der Waals surface area contributed by atoms with E-state index in [1.165, 1.54) is 0 Å². The van der Waals surface area contributed by atoms with Crippen LogP contribution in [-0.2, 0) is 10.0 Å². The van der Waals surface area contributed by atoms with Crippen LogP contribution in [0.2, 0.25) is 0 Å². The minimum absolute atomic E-state index is 0.290. The largest absolute Gasteiger partial charge is 0.317 e. The lowest BCUT2D eigenvalue weighted by atomic mass is 10.3. The van der Waals surface area contributed by atoms with Gasteiger partial charge < -0.3 is 5.32 Å². The van der Waals surface area contributed by atoms with Gasteiger partial charge in [0.1, 0.15) is 0 Å². The summed E-state index contributed by atoms with van der Waals surface area (Å²) in [5, 5.41) is 3.29. The van der Waals surface area contributed by atoms with Crippen molar-refractivity contribution in [3.8, 4) is 0 Å². The highest BCUT2D eigenvalue weighted by molar-refractivity contribution is 7.89. The molecule has 0 aromatic rings. The zero-order valence-corrected chi connectivity index (χ0v) is 13.1. The molecule has 0 aliphatic rings. The number of nitrogens with zero attached hydrogens (tertiary/aromatic N) is 1. The van der Waals surface area contributed by atoms with Crippen molar-refractivity contribution in [1.29, 1.82) is 0 Å². The van der Waals surface area contributed by atoms with E-state index in [1.807, 2.05) is 6.92 Å². The zero-order valence-electron chi connectivity index (χ0n) is 12.2. The lowest BCUT2D eigenvalue weighted by Gasteiger charge is -2.20. The van der Waals surface area contributed by atoms with Crippen LogP contribution in [0.3, 0.4) is 0 Å². The number of nitrogens with one attached hydrogen (secondary N) is 1. The minimum Gasteiger partial charge on any atom is -0.317 e. The van der Waals surface area contributed by atoms with Crippen LogP contribution >= 0.6 is 0 Å². The summed E-state index contributed by atoms with van der Waals surface area (Å²) in [6, 6.07) is 0. The van der Waals surface area contributed by atoms with Crippen molar-refractivity contribution >= 4 is 10.0 Å². The van der Waals surface area contributed by atoms with Crippen molar-refractivity contribution < 1.29 is 8.42 Å². The molecule has 0 bridgehead atoms. The van der Waals surface area contributed by atoms with Gasteiger partial charge in [0.2, 0.25) is 10.0 Å². The summed E-state index contributed by atoms with van der Waals surface area (Å²) in [6.07, 6.45) is 4.79. The molecule has 0 radical (unpaired) electrons. The first-order chi connectivity index (χ1) is 8.58. The number of hydrogen-bond acceptors (Lipinski definition) is 3. The van der Waals surface area contributed by atoms with Crippen LogP contribution in [0.5, 0.6) is 0 Å². The van der Waals surface area contributed by atoms with Gasteiger partial charge in [-0.1, -0.05) is 27.2 Å². The van der Waals surface area contributed by atoms with E-state index in [0.29, 0.717) is 18.8 Å². The highest BCUT2D eigenvalue weighted by Crippen LogP contribution is 2.06. The Morgan fingerprint density at radius 3 is 2.22 bits per heavy atom. The fraction of sp³-hybridized carbons (Fsp3) is 1.00. The van der Waals surface area contributed by atoms with Gasteiger partial charge in [0.15, 0.2) is 0 Å². The van der Waals surface area contributed by atoms with Gasteiger partial charge in [-0.25, -0.2) is 12.7 Å². The van der Waals surface area contributed by atoms with Crippen LogP contribution in [0.4, 0.5) is 0 Å². The van der Waals surface area contributed by atoms with Crippen molar-refractivity contribution in [2.75, 3.05) is 31.9 Å². The highest BCUT2D eigenvalue weighted by Gasteiger charge is 2.18. The van der Waals surface area contributed by atoms with Crippen LogP contribution in [-0.4, -0.2) is 44.7 Å². The van der Waals surface area contributed by atoms with Gasteiger partial charge in [-0.15, -0.1) is 0 Å². The number of rotatable bonds is 12. The quantitative estimate of drug-likeness (QED) is 0.557. The molecule has 0 fully saturated rings. The predicted molar refractivity (Wildman–Crippen MR) is 78.3 cm³/mol. The van der Waals surface area contributed by atoms with E-state index in [4.69, 9.17) is 0 Å². The average Bonchev–Trinajstić information content (AvgIpc) is 2.34. The molecule has 0 spiro atoms. The molecule has 1 N–H and O–H groups in total. The summed E-state index contributed by atoms with van der Waals surface area (Å²) in [6.45, 7) is 9.33. The summed E-state index contributed by atoms with van der Waals surface area (Å²) in [7, 11) is -3.03. The van der Waals surface area contributed by atoms with Crippen molar-refractivity contribution in [3.63, 3.8) is 0 Å². The molecule has 0 aliphatic carbocycles. The smallest absolute Gasteiger partial charge is 0.214 e. The Labute approximate surface area is 113 Å². The van der Waals surface area contributed by atoms with Crippen molar-refractivity contribution in [2.24, 2.45) is 0 Å². The zero-order chi connectivity index (χ0) is 13.9. The molecule has 18 heavy (non-hydrogen) atoms. The fourth-order valence-corrected chi connectivity index (χ4v) is 3.42. The summed E-state index contributed by atoms with van der Waals surface area (Å²) in [4.78, 5) is 0. The number of sulfonamides is 1. The SMILES string of the molecule is CCCCN(CC)S(=O)(=O)CCCCNCCC. The molecular formula is C13H30N2O2S. The van der Waals surface area contributed by atoms with E-state index in [2.05, 4.69) is 19.2 Å². The van der Waals surface area contributed by atoms with Gasteiger partial charge in [-0.2, -0.15) is 0 Å². The number of unbranched alkanes of at least 4 members (excludes halogenated alkanes) is 2. The van der Waals surface area contributed by atoms with Gasteiger partial charge in [0, 0.05) is 13.1 Å². The molecular weight excluding hydrogens is 248 g/mol.